The normalized spacial score (nSPS) is 13.4. The van der Waals surface area contributed by atoms with E-state index in [0.29, 0.717) is 0 Å². The Bertz CT molecular complexity index is 599. The third kappa shape index (κ3) is 3.92. The summed E-state index contributed by atoms with van der Waals surface area (Å²) in [5.41, 5.74) is 10.9. The summed E-state index contributed by atoms with van der Waals surface area (Å²) < 4.78 is 26.8. The molecule has 0 aliphatic heterocycles. The van der Waals surface area contributed by atoms with Crippen LogP contribution in [0.15, 0.2) is 23.1 Å². The molecule has 0 heterocycles. The highest BCUT2D eigenvalue weighted by molar-refractivity contribution is 7.89. The van der Waals surface area contributed by atoms with Gasteiger partial charge in [-0.15, -0.1) is 0 Å². The number of amides is 1. The standard InChI is InChI=1S/C12H20N4O3S/c1-8(16(2)3)7-15-20(18,19)11-5-4-9(12(14)17)6-10(11)13/h4-6,8,15H,7,13H2,1-3H3,(H2,14,17). The smallest absolute Gasteiger partial charge is 0.248 e. The van der Waals surface area contributed by atoms with E-state index in [0.717, 1.165) is 0 Å². The minimum atomic E-state index is -3.72. The first-order valence-electron chi connectivity index (χ1n) is 6.00. The highest BCUT2D eigenvalue weighted by Gasteiger charge is 2.19. The number of nitrogens with one attached hydrogen (secondary N) is 1. The van der Waals surface area contributed by atoms with Gasteiger partial charge in [0.2, 0.25) is 15.9 Å². The van der Waals surface area contributed by atoms with Gasteiger partial charge in [-0.3, -0.25) is 4.79 Å². The fraction of sp³-hybridized carbons (Fsp3) is 0.417. The summed E-state index contributed by atoms with van der Waals surface area (Å²) in [4.78, 5) is 12.8. The molecule has 20 heavy (non-hydrogen) atoms. The molecule has 1 atom stereocenters. The summed E-state index contributed by atoms with van der Waals surface area (Å²) >= 11 is 0. The molecular formula is C12H20N4O3S. The average Bonchev–Trinajstić information content (AvgIpc) is 2.35. The van der Waals surface area contributed by atoms with Crippen LogP contribution in [0.25, 0.3) is 0 Å². The molecule has 0 spiro atoms. The first kappa shape index (κ1) is 16.4. The number of nitrogen functional groups attached to an aromatic ring is 1. The molecule has 112 valence electrons. The number of carbonyl (C=O) groups excluding carboxylic acids is 1. The van der Waals surface area contributed by atoms with Crippen molar-refractivity contribution in [3.63, 3.8) is 0 Å². The Morgan fingerprint density at radius 2 is 2.00 bits per heavy atom. The van der Waals surface area contributed by atoms with E-state index in [2.05, 4.69) is 4.72 Å². The van der Waals surface area contributed by atoms with Crippen LogP contribution in [0.4, 0.5) is 5.69 Å². The minimum Gasteiger partial charge on any atom is -0.398 e. The van der Waals surface area contributed by atoms with Gasteiger partial charge in [0.05, 0.1) is 5.69 Å². The van der Waals surface area contributed by atoms with Gasteiger partial charge < -0.3 is 16.4 Å². The number of carbonyl (C=O) groups is 1. The lowest BCUT2D eigenvalue weighted by Crippen LogP contribution is -2.38. The largest absolute Gasteiger partial charge is 0.398 e. The van der Waals surface area contributed by atoms with Crippen LogP contribution in [0.3, 0.4) is 0 Å². The lowest BCUT2D eigenvalue weighted by molar-refractivity contribution is 0.1000. The number of nitrogens with zero attached hydrogens (tertiary/aromatic N) is 1. The maximum atomic E-state index is 12.1. The minimum absolute atomic E-state index is 0.00805. The van der Waals surface area contributed by atoms with E-state index in [1.54, 1.807) is 0 Å². The van der Waals surface area contributed by atoms with E-state index in [9.17, 15) is 13.2 Å². The number of likely N-dealkylation sites (N-methyl/N-ethyl adjacent to an activating group) is 1. The molecule has 7 nitrogen and oxygen atoms in total. The van der Waals surface area contributed by atoms with Crippen molar-refractivity contribution in [2.75, 3.05) is 26.4 Å². The molecule has 1 aromatic rings. The van der Waals surface area contributed by atoms with Gasteiger partial charge in [0.25, 0.3) is 0 Å². The molecule has 1 rings (SSSR count). The van der Waals surface area contributed by atoms with E-state index in [-0.39, 0.29) is 28.7 Å². The average molecular weight is 300 g/mol. The van der Waals surface area contributed by atoms with Crippen molar-refractivity contribution in [1.29, 1.82) is 0 Å². The van der Waals surface area contributed by atoms with Crippen molar-refractivity contribution >= 4 is 21.6 Å². The van der Waals surface area contributed by atoms with Gasteiger partial charge in [-0.2, -0.15) is 0 Å². The van der Waals surface area contributed by atoms with Gasteiger partial charge in [-0.1, -0.05) is 0 Å². The van der Waals surface area contributed by atoms with E-state index in [1.807, 2.05) is 25.9 Å². The fourth-order valence-electron chi connectivity index (χ4n) is 1.44. The van der Waals surface area contributed by atoms with E-state index >= 15 is 0 Å². The molecular weight excluding hydrogens is 280 g/mol. The number of hydrogen-bond acceptors (Lipinski definition) is 5. The third-order valence-corrected chi connectivity index (χ3v) is 4.53. The number of benzene rings is 1. The van der Waals surface area contributed by atoms with Crippen LogP contribution in [-0.2, 0) is 10.0 Å². The predicted octanol–water partition coefficient (Wildman–Crippen LogP) is -0.404. The number of sulfonamides is 1. The summed E-state index contributed by atoms with van der Waals surface area (Å²) in [6.07, 6.45) is 0. The monoisotopic (exact) mass is 300 g/mol. The van der Waals surface area contributed by atoms with Crippen molar-refractivity contribution in [3.05, 3.63) is 23.8 Å². The zero-order valence-corrected chi connectivity index (χ0v) is 12.6. The number of hydrogen-bond donors (Lipinski definition) is 3. The maximum Gasteiger partial charge on any atom is 0.248 e. The molecule has 1 aromatic carbocycles. The lowest BCUT2D eigenvalue weighted by Gasteiger charge is -2.20. The van der Waals surface area contributed by atoms with Gasteiger partial charge >= 0.3 is 0 Å². The van der Waals surface area contributed by atoms with Crippen molar-refractivity contribution in [2.45, 2.75) is 17.9 Å². The number of rotatable bonds is 6. The summed E-state index contributed by atoms with van der Waals surface area (Å²) in [5.74, 6) is -0.658. The second-order valence-electron chi connectivity index (χ2n) is 4.78. The molecule has 0 bridgehead atoms. The van der Waals surface area contributed by atoms with Crippen LogP contribution in [0, 0.1) is 0 Å². The van der Waals surface area contributed by atoms with Gasteiger partial charge in [0.15, 0.2) is 0 Å². The van der Waals surface area contributed by atoms with E-state index < -0.39 is 15.9 Å². The van der Waals surface area contributed by atoms with Crippen molar-refractivity contribution < 1.29 is 13.2 Å². The molecule has 0 aliphatic carbocycles. The predicted molar refractivity (Wildman–Crippen MR) is 77.7 cm³/mol. The molecule has 0 radical (unpaired) electrons. The van der Waals surface area contributed by atoms with Gasteiger partial charge in [0.1, 0.15) is 4.90 Å². The Morgan fingerprint density at radius 1 is 1.40 bits per heavy atom. The first-order chi connectivity index (χ1) is 9.15. The van der Waals surface area contributed by atoms with Gasteiger partial charge in [-0.05, 0) is 39.2 Å². The lowest BCUT2D eigenvalue weighted by atomic mass is 10.2. The number of primary amides is 1. The van der Waals surface area contributed by atoms with Crippen molar-refractivity contribution in [2.24, 2.45) is 5.73 Å². The van der Waals surface area contributed by atoms with E-state index in [4.69, 9.17) is 11.5 Å². The van der Waals surface area contributed by atoms with E-state index in [1.165, 1.54) is 18.2 Å². The number of anilines is 1. The van der Waals surface area contributed by atoms with Crippen LogP contribution >= 0.6 is 0 Å². The first-order valence-corrected chi connectivity index (χ1v) is 7.49. The second kappa shape index (κ2) is 6.21. The van der Waals surface area contributed by atoms with Crippen LogP contribution in [0.1, 0.15) is 17.3 Å². The maximum absolute atomic E-state index is 12.1. The molecule has 0 aliphatic rings. The zero-order chi connectivity index (χ0) is 15.5. The molecule has 0 saturated heterocycles. The summed E-state index contributed by atoms with van der Waals surface area (Å²) in [6, 6.07) is 3.91. The van der Waals surface area contributed by atoms with Crippen LogP contribution in [-0.4, -0.2) is 45.9 Å². The quantitative estimate of drug-likeness (QED) is 0.617. The zero-order valence-electron chi connectivity index (χ0n) is 11.8. The third-order valence-electron chi connectivity index (χ3n) is 3.03. The Morgan fingerprint density at radius 3 is 2.45 bits per heavy atom. The Kier molecular flexibility index (Phi) is 5.09. The molecule has 8 heteroatoms. The second-order valence-corrected chi connectivity index (χ2v) is 6.52. The molecule has 0 aromatic heterocycles. The Balaban J connectivity index is 2.96. The van der Waals surface area contributed by atoms with Crippen LogP contribution in [0.5, 0.6) is 0 Å². The molecule has 1 unspecified atom stereocenters. The van der Waals surface area contributed by atoms with Crippen molar-refractivity contribution in [1.82, 2.24) is 9.62 Å². The highest BCUT2D eigenvalue weighted by atomic mass is 32.2. The Hall–Kier alpha value is -1.64. The summed E-state index contributed by atoms with van der Waals surface area (Å²) in [7, 11) is -0.00351. The van der Waals surface area contributed by atoms with Crippen LogP contribution in [0.2, 0.25) is 0 Å². The van der Waals surface area contributed by atoms with Crippen molar-refractivity contribution in [3.8, 4) is 0 Å². The molecule has 0 fully saturated rings. The summed E-state index contributed by atoms with van der Waals surface area (Å²) in [6.45, 7) is 2.15. The molecule has 1 amide bonds. The SMILES string of the molecule is CC(CNS(=O)(=O)c1ccc(C(N)=O)cc1N)N(C)C. The highest BCUT2D eigenvalue weighted by Crippen LogP contribution is 2.19. The molecule has 5 N–H and O–H groups in total. The Labute approximate surface area is 119 Å². The summed E-state index contributed by atoms with van der Waals surface area (Å²) in [5, 5.41) is 0. The van der Waals surface area contributed by atoms with Crippen LogP contribution < -0.4 is 16.2 Å². The number of nitrogens with two attached hydrogens (primary N) is 2. The van der Waals surface area contributed by atoms with Gasteiger partial charge in [-0.25, -0.2) is 13.1 Å². The topological polar surface area (TPSA) is 119 Å². The van der Waals surface area contributed by atoms with Gasteiger partial charge in [0, 0.05) is 18.2 Å². The fourth-order valence-corrected chi connectivity index (χ4v) is 2.67. The molecule has 0 saturated carbocycles.